The van der Waals surface area contributed by atoms with Gasteiger partial charge in [0.15, 0.2) is 0 Å². The van der Waals surface area contributed by atoms with Gasteiger partial charge in [0.25, 0.3) is 0 Å². The second-order valence-corrected chi connectivity index (χ2v) is 5.84. The summed E-state index contributed by atoms with van der Waals surface area (Å²) < 4.78 is 23.3. The molecule has 0 unspecified atom stereocenters. The highest BCUT2D eigenvalue weighted by molar-refractivity contribution is 4.85. The first kappa shape index (κ1) is 23.8. The van der Waals surface area contributed by atoms with Crippen LogP contribution in [0.25, 0.3) is 0 Å². The predicted molar refractivity (Wildman–Crippen MR) is 105 cm³/mol. The molecule has 0 saturated carbocycles. The van der Waals surface area contributed by atoms with E-state index in [1.165, 1.54) is 0 Å². The van der Waals surface area contributed by atoms with Crippen molar-refractivity contribution in [2.24, 2.45) is 5.41 Å². The fraction of sp³-hybridized carbons (Fsp3) is 0.619. The van der Waals surface area contributed by atoms with Crippen LogP contribution in [0.5, 0.6) is 0 Å². The minimum absolute atomic E-state index is 0.327. The molecule has 4 heteroatoms. The molecule has 0 amide bonds. The molecule has 0 aromatic heterocycles. The maximum absolute atomic E-state index is 5.83. The molecule has 0 radical (unpaired) electrons. The van der Waals surface area contributed by atoms with Crippen molar-refractivity contribution in [1.82, 2.24) is 0 Å². The molecule has 25 heavy (non-hydrogen) atoms. The zero-order chi connectivity index (χ0) is 18.6. The van der Waals surface area contributed by atoms with E-state index in [1.54, 1.807) is 0 Å². The summed E-state index contributed by atoms with van der Waals surface area (Å²) in [5.74, 6) is 0. The maximum atomic E-state index is 5.83. The Labute approximate surface area is 154 Å². The van der Waals surface area contributed by atoms with E-state index < -0.39 is 0 Å². The van der Waals surface area contributed by atoms with Crippen molar-refractivity contribution in [1.29, 1.82) is 0 Å². The van der Waals surface area contributed by atoms with E-state index in [0.29, 0.717) is 52.9 Å². The molecular weight excluding hydrogens is 316 g/mol. The summed E-state index contributed by atoms with van der Waals surface area (Å²) in [6.45, 7) is 12.4. The number of allylic oxidation sites excluding steroid dienone is 4. The van der Waals surface area contributed by atoms with Crippen molar-refractivity contribution in [2.45, 2.75) is 27.7 Å². The number of hydrogen-bond donors (Lipinski definition) is 0. The Hall–Kier alpha value is -1.20. The van der Waals surface area contributed by atoms with E-state index in [4.69, 9.17) is 18.9 Å². The van der Waals surface area contributed by atoms with Crippen LogP contribution in [0.1, 0.15) is 27.7 Å². The predicted octanol–water partition coefficient (Wildman–Crippen LogP) is 4.34. The highest BCUT2D eigenvalue weighted by Gasteiger charge is 2.32. The van der Waals surface area contributed by atoms with Gasteiger partial charge in [-0.05, 0) is 27.7 Å². The van der Waals surface area contributed by atoms with Crippen LogP contribution in [0, 0.1) is 5.41 Å². The Morgan fingerprint density at radius 3 is 0.920 bits per heavy atom. The van der Waals surface area contributed by atoms with Crippen molar-refractivity contribution in [3.63, 3.8) is 0 Å². The van der Waals surface area contributed by atoms with Crippen LogP contribution in [-0.4, -0.2) is 52.9 Å². The minimum Gasteiger partial charge on any atom is -0.377 e. The molecule has 0 aromatic carbocycles. The van der Waals surface area contributed by atoms with Gasteiger partial charge >= 0.3 is 0 Å². The van der Waals surface area contributed by atoms with Gasteiger partial charge in [-0.15, -0.1) is 0 Å². The monoisotopic (exact) mass is 352 g/mol. The molecule has 0 rings (SSSR count). The van der Waals surface area contributed by atoms with Crippen molar-refractivity contribution >= 4 is 0 Å². The van der Waals surface area contributed by atoms with Crippen LogP contribution in [-0.2, 0) is 18.9 Å². The van der Waals surface area contributed by atoms with Crippen molar-refractivity contribution in [2.75, 3.05) is 52.9 Å². The van der Waals surface area contributed by atoms with Crippen LogP contribution in [0.3, 0.4) is 0 Å². The van der Waals surface area contributed by atoms with Crippen LogP contribution in [0.2, 0.25) is 0 Å². The Bertz CT molecular complexity index is 319. The maximum Gasteiger partial charge on any atom is 0.0647 e. The first-order valence-corrected chi connectivity index (χ1v) is 9.00. The zero-order valence-electron chi connectivity index (χ0n) is 16.4. The van der Waals surface area contributed by atoms with Gasteiger partial charge in [0.05, 0.1) is 58.3 Å². The quantitative estimate of drug-likeness (QED) is 0.306. The van der Waals surface area contributed by atoms with E-state index in [1.807, 2.05) is 76.3 Å². The smallest absolute Gasteiger partial charge is 0.0647 e. The molecule has 0 fully saturated rings. The van der Waals surface area contributed by atoms with Gasteiger partial charge in [0.1, 0.15) is 0 Å². The fourth-order valence-corrected chi connectivity index (χ4v) is 2.01. The largest absolute Gasteiger partial charge is 0.377 e. The molecule has 0 aliphatic carbocycles. The minimum atomic E-state index is -0.327. The molecule has 0 N–H and O–H groups in total. The second-order valence-electron chi connectivity index (χ2n) is 5.84. The highest BCUT2D eigenvalue weighted by atomic mass is 16.5. The lowest BCUT2D eigenvalue weighted by molar-refractivity contribution is -0.0943. The lowest BCUT2D eigenvalue weighted by Crippen LogP contribution is -2.42. The molecule has 0 saturated heterocycles. The highest BCUT2D eigenvalue weighted by Crippen LogP contribution is 2.21. The Kier molecular flexibility index (Phi) is 16.8. The average Bonchev–Trinajstić information content (AvgIpc) is 2.63. The molecule has 0 aliphatic rings. The Morgan fingerprint density at radius 2 is 0.720 bits per heavy atom. The lowest BCUT2D eigenvalue weighted by atomic mass is 9.92. The SMILES string of the molecule is CC=CCOCC(COCC=CC)(COCC=CC)COCC=CC. The summed E-state index contributed by atoms with van der Waals surface area (Å²) in [4.78, 5) is 0. The Balaban J connectivity index is 4.84. The molecule has 0 spiro atoms. The molecule has 0 atom stereocenters. The fourth-order valence-electron chi connectivity index (χ4n) is 2.01. The topological polar surface area (TPSA) is 36.9 Å². The lowest BCUT2D eigenvalue weighted by Gasteiger charge is -2.32. The first-order valence-electron chi connectivity index (χ1n) is 9.00. The third-order valence-electron chi connectivity index (χ3n) is 3.43. The third-order valence-corrected chi connectivity index (χ3v) is 3.43. The molecule has 4 nitrogen and oxygen atoms in total. The summed E-state index contributed by atoms with van der Waals surface area (Å²) in [5, 5.41) is 0. The summed E-state index contributed by atoms with van der Waals surface area (Å²) >= 11 is 0. The number of hydrogen-bond acceptors (Lipinski definition) is 4. The van der Waals surface area contributed by atoms with E-state index in [0.717, 1.165) is 0 Å². The molecular formula is C21H36O4. The molecule has 0 aromatic rings. The van der Waals surface area contributed by atoms with E-state index in [2.05, 4.69) is 0 Å². The number of ether oxygens (including phenoxy) is 4. The molecule has 0 bridgehead atoms. The third kappa shape index (κ3) is 13.7. The first-order chi connectivity index (χ1) is 12.2. The van der Waals surface area contributed by atoms with Crippen LogP contribution in [0.15, 0.2) is 48.6 Å². The van der Waals surface area contributed by atoms with Gasteiger partial charge in [-0.1, -0.05) is 48.6 Å². The van der Waals surface area contributed by atoms with Gasteiger partial charge in [-0.3, -0.25) is 0 Å². The zero-order valence-corrected chi connectivity index (χ0v) is 16.4. The van der Waals surface area contributed by atoms with Crippen molar-refractivity contribution in [3.05, 3.63) is 48.6 Å². The summed E-state index contributed by atoms with van der Waals surface area (Å²) in [5.41, 5.74) is -0.327. The standard InChI is InChI=1S/C21H36O4/c1-5-9-13-22-17-21(18-23-14-10-6-2,19-24-15-11-7-3)20-25-16-12-8-4/h5-12H,13-20H2,1-4H3. The molecule has 0 aliphatic heterocycles. The molecule has 0 heterocycles. The van der Waals surface area contributed by atoms with Crippen LogP contribution >= 0.6 is 0 Å². The van der Waals surface area contributed by atoms with Crippen LogP contribution in [0.4, 0.5) is 0 Å². The van der Waals surface area contributed by atoms with Crippen molar-refractivity contribution < 1.29 is 18.9 Å². The van der Waals surface area contributed by atoms with Gasteiger partial charge < -0.3 is 18.9 Å². The van der Waals surface area contributed by atoms with Gasteiger partial charge in [0, 0.05) is 0 Å². The summed E-state index contributed by atoms with van der Waals surface area (Å²) in [6, 6.07) is 0. The van der Waals surface area contributed by atoms with Gasteiger partial charge in [-0.25, -0.2) is 0 Å². The van der Waals surface area contributed by atoms with Crippen molar-refractivity contribution in [3.8, 4) is 0 Å². The summed E-state index contributed by atoms with van der Waals surface area (Å²) in [7, 11) is 0. The molecule has 144 valence electrons. The summed E-state index contributed by atoms with van der Waals surface area (Å²) in [6.07, 6.45) is 15.9. The average molecular weight is 353 g/mol. The van der Waals surface area contributed by atoms with Crippen LogP contribution < -0.4 is 0 Å². The Morgan fingerprint density at radius 1 is 0.480 bits per heavy atom. The van der Waals surface area contributed by atoms with E-state index >= 15 is 0 Å². The normalized spacial score (nSPS) is 15.2. The van der Waals surface area contributed by atoms with E-state index in [-0.39, 0.29) is 5.41 Å². The number of rotatable bonds is 16. The van der Waals surface area contributed by atoms with E-state index in [9.17, 15) is 0 Å². The van der Waals surface area contributed by atoms with Gasteiger partial charge in [-0.2, -0.15) is 0 Å². The second kappa shape index (κ2) is 17.6. The van der Waals surface area contributed by atoms with Gasteiger partial charge in [0.2, 0.25) is 0 Å².